The van der Waals surface area contributed by atoms with Gasteiger partial charge in [0.05, 0.1) is 21.8 Å². The number of hydrogen-bond acceptors (Lipinski definition) is 5. The number of aromatic nitrogens is 3. The molecule has 0 bridgehead atoms. The molecule has 0 fully saturated rings. The molecule has 6 nitrogen and oxygen atoms in total. The van der Waals surface area contributed by atoms with Crippen LogP contribution in [-0.2, 0) is 11.3 Å². The molecule has 2 heterocycles. The maximum absolute atomic E-state index is 13.3. The topological polar surface area (TPSA) is 76.9 Å². The Balaban J connectivity index is 1.66. The summed E-state index contributed by atoms with van der Waals surface area (Å²) in [5.74, 6) is -0.151. The maximum atomic E-state index is 13.3. The minimum atomic E-state index is -0.472. The van der Waals surface area contributed by atoms with Crippen molar-refractivity contribution in [2.24, 2.45) is 0 Å². The maximum Gasteiger partial charge on any atom is 0.266 e. The lowest BCUT2D eigenvalue weighted by Gasteiger charge is -2.16. The number of para-hydroxylation sites is 1. The van der Waals surface area contributed by atoms with Crippen molar-refractivity contribution >= 4 is 40.2 Å². The van der Waals surface area contributed by atoms with E-state index in [1.165, 1.54) is 16.3 Å². The molecule has 31 heavy (non-hydrogen) atoms. The number of rotatable bonds is 6. The van der Waals surface area contributed by atoms with Gasteiger partial charge in [-0.05, 0) is 55.0 Å². The molecule has 8 heteroatoms. The average Bonchev–Trinajstić information content (AvgIpc) is 2.78. The lowest BCUT2D eigenvalue weighted by Crippen LogP contribution is -2.31. The lowest BCUT2D eigenvalue weighted by atomic mass is 10.2. The third-order valence-electron chi connectivity index (χ3n) is 4.68. The van der Waals surface area contributed by atoms with Crippen LogP contribution in [0.1, 0.15) is 12.5 Å². The summed E-state index contributed by atoms with van der Waals surface area (Å²) in [7, 11) is 0. The molecule has 1 amide bonds. The Morgan fingerprint density at radius 1 is 1.13 bits per heavy atom. The second-order valence-corrected chi connectivity index (χ2v) is 8.61. The average molecular weight is 451 g/mol. The van der Waals surface area contributed by atoms with Crippen molar-refractivity contribution in [2.45, 2.75) is 23.9 Å². The first-order chi connectivity index (χ1) is 15.0. The molecule has 0 aliphatic carbocycles. The fourth-order valence-electron chi connectivity index (χ4n) is 3.08. The van der Waals surface area contributed by atoms with E-state index in [2.05, 4.69) is 15.3 Å². The van der Waals surface area contributed by atoms with Gasteiger partial charge >= 0.3 is 0 Å². The van der Waals surface area contributed by atoms with E-state index >= 15 is 0 Å². The summed E-state index contributed by atoms with van der Waals surface area (Å²) in [6.45, 7) is 2.19. The second-order valence-electron chi connectivity index (χ2n) is 6.87. The zero-order valence-corrected chi connectivity index (χ0v) is 18.2. The Morgan fingerprint density at radius 3 is 2.68 bits per heavy atom. The second kappa shape index (κ2) is 9.32. The summed E-state index contributed by atoms with van der Waals surface area (Å²) in [6, 6.07) is 17.9. The standard InChI is InChI=1S/C23H19ClN4O2S/c1-15(21(29)26-14-16-9-11-25-12-10-16)31-23-27-20-8-3-2-7-19(20)22(30)28(23)18-6-4-5-17(24)13-18/h2-13,15H,14H2,1H3,(H,26,29). The Labute approximate surface area is 188 Å². The van der Waals surface area contributed by atoms with E-state index in [-0.39, 0.29) is 11.5 Å². The third-order valence-corrected chi connectivity index (χ3v) is 5.97. The third kappa shape index (κ3) is 4.78. The van der Waals surface area contributed by atoms with Gasteiger partial charge in [-0.1, -0.05) is 41.6 Å². The van der Waals surface area contributed by atoms with Crippen molar-refractivity contribution in [2.75, 3.05) is 0 Å². The van der Waals surface area contributed by atoms with Crippen molar-refractivity contribution in [3.63, 3.8) is 0 Å². The fourth-order valence-corrected chi connectivity index (χ4v) is 4.22. The molecule has 4 aromatic rings. The molecule has 1 unspecified atom stereocenters. The molecule has 0 aliphatic rings. The number of nitrogens with zero attached hydrogens (tertiary/aromatic N) is 3. The van der Waals surface area contributed by atoms with Crippen LogP contribution < -0.4 is 10.9 Å². The smallest absolute Gasteiger partial charge is 0.266 e. The van der Waals surface area contributed by atoms with Gasteiger partial charge in [-0.25, -0.2) is 4.98 Å². The van der Waals surface area contributed by atoms with Crippen molar-refractivity contribution in [1.29, 1.82) is 0 Å². The number of halogens is 1. The van der Waals surface area contributed by atoms with Crippen LogP contribution in [0.2, 0.25) is 5.02 Å². The van der Waals surface area contributed by atoms with Crippen LogP contribution >= 0.6 is 23.4 Å². The summed E-state index contributed by atoms with van der Waals surface area (Å²) < 4.78 is 1.51. The summed E-state index contributed by atoms with van der Waals surface area (Å²) in [6.07, 6.45) is 3.37. The van der Waals surface area contributed by atoms with Crippen LogP contribution in [0, 0.1) is 0 Å². The normalized spacial score (nSPS) is 11.9. The summed E-state index contributed by atoms with van der Waals surface area (Å²) >= 11 is 7.39. The lowest BCUT2D eigenvalue weighted by molar-refractivity contribution is -0.120. The summed E-state index contributed by atoms with van der Waals surface area (Å²) in [5, 5.41) is 3.88. The number of pyridine rings is 1. The van der Waals surface area contributed by atoms with E-state index < -0.39 is 5.25 Å². The van der Waals surface area contributed by atoms with Crippen molar-refractivity contribution in [1.82, 2.24) is 19.9 Å². The first-order valence-corrected chi connectivity index (χ1v) is 10.9. The van der Waals surface area contributed by atoms with E-state index in [9.17, 15) is 9.59 Å². The van der Waals surface area contributed by atoms with Gasteiger partial charge in [0.2, 0.25) is 5.91 Å². The van der Waals surface area contributed by atoms with Gasteiger partial charge in [-0.2, -0.15) is 0 Å². The number of nitrogens with one attached hydrogen (secondary N) is 1. The predicted octanol–water partition coefficient (Wildman–Crippen LogP) is 4.23. The minimum absolute atomic E-state index is 0.151. The van der Waals surface area contributed by atoms with E-state index in [0.717, 1.165) is 5.56 Å². The van der Waals surface area contributed by atoms with Gasteiger partial charge < -0.3 is 5.32 Å². The largest absolute Gasteiger partial charge is 0.351 e. The van der Waals surface area contributed by atoms with Gasteiger partial charge in [0.15, 0.2) is 5.16 Å². The number of carbonyl (C=O) groups excluding carboxylic acids is 1. The molecule has 1 N–H and O–H groups in total. The van der Waals surface area contributed by atoms with Gasteiger partial charge in [0.1, 0.15) is 0 Å². The number of amides is 1. The summed E-state index contributed by atoms with van der Waals surface area (Å²) in [4.78, 5) is 34.6. The quantitative estimate of drug-likeness (QED) is 0.351. The molecule has 4 rings (SSSR count). The highest BCUT2D eigenvalue weighted by Crippen LogP contribution is 2.26. The monoisotopic (exact) mass is 450 g/mol. The van der Waals surface area contributed by atoms with Gasteiger partial charge in [0, 0.05) is 24.0 Å². The highest BCUT2D eigenvalue weighted by molar-refractivity contribution is 8.00. The first kappa shape index (κ1) is 21.1. The minimum Gasteiger partial charge on any atom is -0.351 e. The molecule has 0 aliphatic heterocycles. The highest BCUT2D eigenvalue weighted by atomic mass is 35.5. The van der Waals surface area contributed by atoms with Crippen LogP contribution in [0.15, 0.2) is 83.0 Å². The molecule has 0 radical (unpaired) electrons. The van der Waals surface area contributed by atoms with Crippen molar-refractivity contribution in [3.05, 3.63) is 94.0 Å². The number of thioether (sulfide) groups is 1. The van der Waals surface area contributed by atoms with Crippen LogP contribution in [0.5, 0.6) is 0 Å². The Hall–Kier alpha value is -3.16. The van der Waals surface area contributed by atoms with Gasteiger partial charge in [-0.15, -0.1) is 0 Å². The molecule has 2 aromatic heterocycles. The fraction of sp³-hybridized carbons (Fsp3) is 0.130. The van der Waals surface area contributed by atoms with Crippen LogP contribution in [-0.4, -0.2) is 25.7 Å². The summed E-state index contributed by atoms with van der Waals surface area (Å²) in [5.41, 5.74) is 1.93. The number of hydrogen-bond donors (Lipinski definition) is 1. The Bertz CT molecular complexity index is 1290. The molecular weight excluding hydrogens is 432 g/mol. The van der Waals surface area contributed by atoms with Crippen molar-refractivity contribution in [3.8, 4) is 5.69 Å². The van der Waals surface area contributed by atoms with Gasteiger partial charge in [0.25, 0.3) is 5.56 Å². The van der Waals surface area contributed by atoms with E-state index in [1.807, 2.05) is 18.2 Å². The SMILES string of the molecule is CC(Sc1nc2ccccc2c(=O)n1-c1cccc(Cl)c1)C(=O)NCc1ccncc1. The van der Waals surface area contributed by atoms with E-state index in [0.29, 0.717) is 33.3 Å². The van der Waals surface area contributed by atoms with E-state index in [1.54, 1.807) is 61.8 Å². The molecule has 156 valence electrons. The zero-order chi connectivity index (χ0) is 21.8. The number of fused-ring (bicyclic) bond motifs is 1. The molecule has 0 spiro atoms. The Kier molecular flexibility index (Phi) is 6.34. The van der Waals surface area contributed by atoms with E-state index in [4.69, 9.17) is 11.6 Å². The molecule has 0 saturated heterocycles. The molecule has 2 aromatic carbocycles. The highest BCUT2D eigenvalue weighted by Gasteiger charge is 2.20. The first-order valence-electron chi connectivity index (χ1n) is 9.64. The number of benzene rings is 2. The predicted molar refractivity (Wildman–Crippen MR) is 124 cm³/mol. The van der Waals surface area contributed by atoms with Crippen molar-refractivity contribution < 1.29 is 4.79 Å². The number of carbonyl (C=O) groups is 1. The molecule has 0 saturated carbocycles. The van der Waals surface area contributed by atoms with Gasteiger partial charge in [-0.3, -0.25) is 19.1 Å². The van der Waals surface area contributed by atoms with Crippen LogP contribution in [0.3, 0.4) is 0 Å². The molecule has 1 atom stereocenters. The zero-order valence-electron chi connectivity index (χ0n) is 16.7. The van der Waals surface area contributed by atoms with Crippen LogP contribution in [0.4, 0.5) is 0 Å². The Morgan fingerprint density at radius 2 is 1.90 bits per heavy atom. The van der Waals surface area contributed by atoms with Crippen LogP contribution in [0.25, 0.3) is 16.6 Å². The molecular formula is C23H19ClN4O2S.